The second kappa shape index (κ2) is 14.8. The first-order valence-corrected chi connectivity index (χ1v) is 17.1. The summed E-state index contributed by atoms with van der Waals surface area (Å²) >= 11 is 11.2. The van der Waals surface area contributed by atoms with Crippen LogP contribution in [0.25, 0.3) is 54.2 Å². The van der Waals surface area contributed by atoms with Crippen LogP contribution in [0.1, 0.15) is 0 Å². The Morgan fingerprint density at radius 3 is 0.891 bits per heavy atom. The maximum atomic E-state index is 8.58. The zero-order valence-electron chi connectivity index (χ0n) is 24.6. The minimum absolute atomic E-state index is 0.525. The van der Waals surface area contributed by atoms with Crippen molar-refractivity contribution in [2.75, 3.05) is 0 Å². The quantitative estimate of drug-likeness (QED) is 0.135. The first-order chi connectivity index (χ1) is 22.5. The Morgan fingerprint density at radius 1 is 0.326 bits per heavy atom. The van der Waals surface area contributed by atoms with Gasteiger partial charge in [0, 0.05) is 13.4 Å². The van der Waals surface area contributed by atoms with Gasteiger partial charge in [-0.05, 0) is 107 Å². The highest BCUT2D eigenvalue weighted by Crippen LogP contribution is 2.41. The van der Waals surface area contributed by atoms with Crippen molar-refractivity contribution >= 4 is 103 Å². The third-order valence-electron chi connectivity index (χ3n) is 7.83. The molecule has 224 valence electrons. The van der Waals surface area contributed by atoms with E-state index in [0.717, 1.165) is 0 Å². The molecule has 0 atom stereocenters. The number of hydrogen-bond acceptors (Lipinski definition) is 2. The van der Waals surface area contributed by atoms with E-state index < -0.39 is 7.12 Å². The first kappa shape index (κ1) is 32.2. The smallest absolute Gasteiger partial charge is 0.423 e. The SMILES string of the molecule is Brc1c2ccccc2c(-c2ccccc2)c2ccccc12.Brc1c2ccccc2c(Br)c2ccccc12.OB(O)c1ccccc1. The standard InChI is InChI=1S/C20H13Br.C14H8Br2.C6H7BO2/c21-20-17-12-6-4-10-15(17)19(14-8-2-1-3-9-14)16-11-5-7-13-18(16)20;15-13-9-5-1-2-6-10(9)14(16)12-8-4-3-7-11(12)13;8-7(9)6-4-2-1-3-5-6/h1-13H;1-8H;1-5,8-9H. The Labute approximate surface area is 293 Å². The lowest BCUT2D eigenvalue weighted by Gasteiger charge is -2.14. The lowest BCUT2D eigenvalue weighted by Crippen LogP contribution is -2.29. The highest BCUT2D eigenvalue weighted by atomic mass is 79.9. The van der Waals surface area contributed by atoms with E-state index in [1.54, 1.807) is 24.3 Å². The predicted molar refractivity (Wildman–Crippen MR) is 208 cm³/mol. The minimum Gasteiger partial charge on any atom is -0.423 e. The van der Waals surface area contributed by atoms with Crippen molar-refractivity contribution in [1.29, 1.82) is 0 Å². The van der Waals surface area contributed by atoms with Gasteiger partial charge in [-0.15, -0.1) is 0 Å². The van der Waals surface area contributed by atoms with Crippen LogP contribution in [0.3, 0.4) is 0 Å². The van der Waals surface area contributed by atoms with Gasteiger partial charge in [0.25, 0.3) is 0 Å². The average Bonchev–Trinajstić information content (AvgIpc) is 3.12. The van der Waals surface area contributed by atoms with Crippen LogP contribution >= 0.6 is 47.8 Å². The van der Waals surface area contributed by atoms with Crippen molar-refractivity contribution in [2.24, 2.45) is 0 Å². The molecular formula is C40H28BBr3O2. The number of rotatable bonds is 2. The Hall–Kier alpha value is -3.78. The fraction of sp³-hybridized carbons (Fsp3) is 0. The molecule has 0 spiro atoms. The molecule has 0 aliphatic carbocycles. The van der Waals surface area contributed by atoms with Crippen LogP contribution < -0.4 is 5.46 Å². The summed E-state index contributed by atoms with van der Waals surface area (Å²) in [6.45, 7) is 0. The lowest BCUT2D eigenvalue weighted by atomic mass is 9.81. The number of halogens is 3. The Kier molecular flexibility index (Phi) is 10.3. The van der Waals surface area contributed by atoms with Gasteiger partial charge < -0.3 is 10.0 Å². The summed E-state index contributed by atoms with van der Waals surface area (Å²) in [6, 6.07) is 53.2. The molecule has 46 heavy (non-hydrogen) atoms. The van der Waals surface area contributed by atoms with Crippen molar-refractivity contribution in [1.82, 2.24) is 0 Å². The van der Waals surface area contributed by atoms with Crippen molar-refractivity contribution in [3.8, 4) is 11.1 Å². The first-order valence-electron chi connectivity index (χ1n) is 14.8. The summed E-state index contributed by atoms with van der Waals surface area (Å²) in [7, 11) is -1.34. The summed E-state index contributed by atoms with van der Waals surface area (Å²) in [6.07, 6.45) is 0. The Balaban J connectivity index is 0.000000131. The fourth-order valence-electron chi connectivity index (χ4n) is 5.64. The van der Waals surface area contributed by atoms with Crippen LogP contribution in [0.2, 0.25) is 0 Å². The van der Waals surface area contributed by atoms with Crippen LogP contribution in [0.4, 0.5) is 0 Å². The number of fused-ring (bicyclic) bond motifs is 4. The predicted octanol–water partition coefficient (Wildman–Crippen LogP) is 11.3. The van der Waals surface area contributed by atoms with Crippen LogP contribution in [-0.4, -0.2) is 17.2 Å². The van der Waals surface area contributed by atoms with E-state index in [0.29, 0.717) is 5.46 Å². The molecule has 8 rings (SSSR count). The van der Waals surface area contributed by atoms with Gasteiger partial charge in [-0.1, -0.05) is 158 Å². The molecule has 8 aromatic carbocycles. The molecule has 0 fully saturated rings. The molecule has 0 heterocycles. The van der Waals surface area contributed by atoms with E-state index in [9.17, 15) is 0 Å². The molecule has 2 N–H and O–H groups in total. The van der Waals surface area contributed by atoms with Crippen molar-refractivity contribution in [3.05, 3.63) is 171 Å². The molecule has 0 radical (unpaired) electrons. The van der Waals surface area contributed by atoms with E-state index in [-0.39, 0.29) is 0 Å². The lowest BCUT2D eigenvalue weighted by molar-refractivity contribution is 0.426. The Bertz CT molecular complexity index is 2100. The summed E-state index contributed by atoms with van der Waals surface area (Å²) in [5, 5.41) is 27.2. The average molecular weight is 791 g/mol. The summed E-state index contributed by atoms with van der Waals surface area (Å²) in [5.41, 5.74) is 3.10. The molecule has 2 nitrogen and oxygen atoms in total. The molecule has 6 heteroatoms. The molecule has 0 saturated heterocycles. The normalized spacial score (nSPS) is 10.7. The molecule has 0 saturated carbocycles. The topological polar surface area (TPSA) is 40.5 Å². The van der Waals surface area contributed by atoms with Gasteiger partial charge in [-0.3, -0.25) is 0 Å². The van der Waals surface area contributed by atoms with Crippen LogP contribution in [0.5, 0.6) is 0 Å². The van der Waals surface area contributed by atoms with Crippen LogP contribution in [-0.2, 0) is 0 Å². The molecule has 0 amide bonds. The van der Waals surface area contributed by atoms with Gasteiger partial charge in [0.1, 0.15) is 0 Å². The van der Waals surface area contributed by atoms with E-state index in [4.69, 9.17) is 10.0 Å². The molecular weight excluding hydrogens is 763 g/mol. The molecule has 8 aromatic rings. The summed E-state index contributed by atoms with van der Waals surface area (Å²) in [4.78, 5) is 0. The van der Waals surface area contributed by atoms with E-state index in [1.807, 2.05) is 6.07 Å². The second-order valence-corrected chi connectivity index (χ2v) is 13.0. The summed E-state index contributed by atoms with van der Waals surface area (Å²) in [5.74, 6) is 0. The zero-order valence-corrected chi connectivity index (χ0v) is 29.4. The molecule has 0 bridgehead atoms. The van der Waals surface area contributed by atoms with Crippen LogP contribution in [0.15, 0.2) is 171 Å². The number of benzene rings is 8. The molecule has 0 aliphatic heterocycles. The van der Waals surface area contributed by atoms with E-state index >= 15 is 0 Å². The molecule has 0 aromatic heterocycles. The van der Waals surface area contributed by atoms with Crippen LogP contribution in [0, 0.1) is 0 Å². The fourth-order valence-corrected chi connectivity index (χ4v) is 7.71. The third-order valence-corrected chi connectivity index (χ3v) is 10.4. The van der Waals surface area contributed by atoms with E-state index in [2.05, 4.69) is 175 Å². The highest BCUT2D eigenvalue weighted by molar-refractivity contribution is 9.11. The second-order valence-electron chi connectivity index (χ2n) is 10.6. The minimum atomic E-state index is -1.34. The highest BCUT2D eigenvalue weighted by Gasteiger charge is 2.13. The largest absolute Gasteiger partial charge is 0.488 e. The van der Waals surface area contributed by atoms with E-state index in [1.165, 1.54) is 67.6 Å². The van der Waals surface area contributed by atoms with Gasteiger partial charge in [0.15, 0.2) is 0 Å². The maximum absolute atomic E-state index is 8.58. The maximum Gasteiger partial charge on any atom is 0.488 e. The number of hydrogen-bond donors (Lipinski definition) is 2. The third kappa shape index (κ3) is 6.68. The van der Waals surface area contributed by atoms with Gasteiger partial charge in [-0.25, -0.2) is 0 Å². The zero-order chi connectivity index (χ0) is 32.0. The van der Waals surface area contributed by atoms with Crippen molar-refractivity contribution in [3.63, 3.8) is 0 Å². The van der Waals surface area contributed by atoms with Crippen molar-refractivity contribution in [2.45, 2.75) is 0 Å². The van der Waals surface area contributed by atoms with Crippen molar-refractivity contribution < 1.29 is 10.0 Å². The molecule has 0 unspecified atom stereocenters. The van der Waals surface area contributed by atoms with Gasteiger partial charge in [0.2, 0.25) is 0 Å². The summed E-state index contributed by atoms with van der Waals surface area (Å²) < 4.78 is 3.51. The Morgan fingerprint density at radius 2 is 0.587 bits per heavy atom. The monoisotopic (exact) mass is 788 g/mol. The molecule has 0 aliphatic rings. The van der Waals surface area contributed by atoms with Gasteiger partial charge in [-0.2, -0.15) is 0 Å². The van der Waals surface area contributed by atoms with Gasteiger partial charge in [0.05, 0.1) is 0 Å². The van der Waals surface area contributed by atoms with Gasteiger partial charge >= 0.3 is 7.12 Å².